The number of esters is 1. The van der Waals surface area contributed by atoms with Gasteiger partial charge in [0, 0.05) is 44.1 Å². The molecule has 0 atom stereocenters. The zero-order chi connectivity index (χ0) is 21.9. The number of fused-ring (bicyclic) bond motifs is 1. The number of anilines is 1. The fraction of sp³-hybridized carbons (Fsp3) is 0.167. The minimum Gasteiger partial charge on any atom is -0.402 e. The summed E-state index contributed by atoms with van der Waals surface area (Å²) in [6, 6.07) is 17.1. The number of nitrogens with zero attached hydrogens (tertiary/aromatic N) is 4. The Kier molecular flexibility index (Phi) is 5.25. The number of nitrogens with one attached hydrogen (secondary N) is 1. The average molecular weight is 427 g/mol. The largest absolute Gasteiger partial charge is 0.402 e. The van der Waals surface area contributed by atoms with E-state index in [0.717, 1.165) is 16.3 Å². The van der Waals surface area contributed by atoms with Gasteiger partial charge in [0.1, 0.15) is 0 Å². The van der Waals surface area contributed by atoms with E-state index in [1.807, 2.05) is 47.4 Å². The van der Waals surface area contributed by atoms with Gasteiger partial charge in [0.05, 0.1) is 11.9 Å². The molecule has 0 spiro atoms. The Morgan fingerprint density at radius 1 is 1.00 bits per heavy atom. The highest BCUT2D eigenvalue weighted by molar-refractivity contribution is 6.16. The van der Waals surface area contributed by atoms with Crippen LogP contribution in [0.25, 0.3) is 10.8 Å². The van der Waals surface area contributed by atoms with Crippen molar-refractivity contribution in [2.45, 2.75) is 0 Å². The van der Waals surface area contributed by atoms with E-state index in [-0.39, 0.29) is 11.7 Å². The maximum absolute atomic E-state index is 12.4. The molecular formula is C24H21N5O3. The van der Waals surface area contributed by atoms with Crippen molar-refractivity contribution in [1.29, 1.82) is 0 Å². The molecule has 2 aliphatic heterocycles. The third kappa shape index (κ3) is 4.02. The van der Waals surface area contributed by atoms with Gasteiger partial charge in [-0.1, -0.05) is 36.4 Å². The third-order valence-electron chi connectivity index (χ3n) is 5.46. The number of carbonyl (C=O) groups is 2. The van der Waals surface area contributed by atoms with Crippen LogP contribution >= 0.6 is 0 Å². The molecule has 8 heteroatoms. The molecule has 0 bridgehead atoms. The summed E-state index contributed by atoms with van der Waals surface area (Å²) in [6.07, 6.45) is 4.98. The van der Waals surface area contributed by atoms with Gasteiger partial charge in [0.25, 0.3) is 0 Å². The molecule has 32 heavy (non-hydrogen) atoms. The Balaban J connectivity index is 1.26. The smallest absolute Gasteiger partial charge is 0.365 e. The highest BCUT2D eigenvalue weighted by atomic mass is 16.6. The van der Waals surface area contributed by atoms with Gasteiger partial charge in [-0.15, -0.1) is 0 Å². The van der Waals surface area contributed by atoms with Crippen molar-refractivity contribution >= 4 is 34.4 Å². The number of pyridine rings is 1. The monoisotopic (exact) mass is 427 g/mol. The normalized spacial score (nSPS) is 17.4. The molecular weight excluding hydrogens is 406 g/mol. The Morgan fingerprint density at radius 2 is 1.81 bits per heavy atom. The van der Waals surface area contributed by atoms with Crippen molar-refractivity contribution in [2.24, 2.45) is 4.99 Å². The lowest BCUT2D eigenvalue weighted by molar-refractivity contribution is -0.130. The average Bonchev–Trinajstić information content (AvgIpc) is 3.19. The number of benzene rings is 2. The van der Waals surface area contributed by atoms with Gasteiger partial charge in [-0.3, -0.25) is 4.98 Å². The van der Waals surface area contributed by atoms with Crippen LogP contribution in [0.2, 0.25) is 0 Å². The summed E-state index contributed by atoms with van der Waals surface area (Å²) in [5.41, 5.74) is 1.71. The summed E-state index contributed by atoms with van der Waals surface area (Å²) >= 11 is 0. The molecule has 160 valence electrons. The van der Waals surface area contributed by atoms with Crippen LogP contribution in [0.15, 0.2) is 83.9 Å². The third-order valence-corrected chi connectivity index (χ3v) is 5.46. The first-order valence-electron chi connectivity index (χ1n) is 10.4. The van der Waals surface area contributed by atoms with Gasteiger partial charge >= 0.3 is 12.0 Å². The lowest BCUT2D eigenvalue weighted by Gasteiger charge is -2.34. The number of urea groups is 1. The van der Waals surface area contributed by atoms with E-state index in [1.54, 1.807) is 35.6 Å². The van der Waals surface area contributed by atoms with E-state index < -0.39 is 5.97 Å². The van der Waals surface area contributed by atoms with Crippen LogP contribution in [-0.4, -0.2) is 58.9 Å². The van der Waals surface area contributed by atoms with Crippen molar-refractivity contribution in [1.82, 2.24) is 14.8 Å². The predicted octanol–water partition coefficient (Wildman–Crippen LogP) is 3.23. The van der Waals surface area contributed by atoms with Gasteiger partial charge in [-0.2, -0.15) is 0 Å². The molecule has 5 rings (SSSR count). The van der Waals surface area contributed by atoms with Crippen molar-refractivity contribution in [3.05, 3.63) is 84.5 Å². The number of hydrogen-bond donors (Lipinski definition) is 1. The maximum Gasteiger partial charge on any atom is 0.365 e. The number of carbonyl (C=O) groups excluding carboxylic acids is 2. The minimum atomic E-state index is -0.468. The zero-order valence-electron chi connectivity index (χ0n) is 17.3. The van der Waals surface area contributed by atoms with Crippen LogP contribution in [0.1, 0.15) is 5.56 Å². The lowest BCUT2D eigenvalue weighted by Crippen LogP contribution is -2.48. The summed E-state index contributed by atoms with van der Waals surface area (Å²) in [7, 11) is 0. The summed E-state index contributed by atoms with van der Waals surface area (Å²) in [5.74, 6) is -0.155. The quantitative estimate of drug-likeness (QED) is 0.512. The maximum atomic E-state index is 12.4. The molecule has 8 nitrogen and oxygen atoms in total. The first-order chi connectivity index (χ1) is 15.7. The second-order valence-electron chi connectivity index (χ2n) is 7.54. The Morgan fingerprint density at radius 3 is 2.62 bits per heavy atom. The van der Waals surface area contributed by atoms with E-state index in [1.165, 1.54) is 0 Å². The Bertz CT molecular complexity index is 1230. The van der Waals surface area contributed by atoms with Crippen LogP contribution in [0.5, 0.6) is 0 Å². The number of rotatable bonds is 3. The molecule has 0 saturated carbocycles. The van der Waals surface area contributed by atoms with E-state index >= 15 is 0 Å². The number of aliphatic imine (C=N–C) groups is 1. The molecule has 1 N–H and O–H groups in total. The first-order valence-corrected chi connectivity index (χ1v) is 10.4. The standard InChI is InChI=1S/C24H21N5O3/c30-23-21(27-22(32-23)20-9-3-6-17-5-1-2-8-19(17)20)16-28-11-13-29(14-12-28)24(31)26-18-7-4-10-25-15-18/h1-10,15-16H,11-14H2,(H,26,31)/b21-16+. The van der Waals surface area contributed by atoms with Gasteiger partial charge in [-0.05, 0) is 29.0 Å². The number of cyclic esters (lactones) is 1. The van der Waals surface area contributed by atoms with Crippen molar-refractivity contribution in [3.63, 3.8) is 0 Å². The van der Waals surface area contributed by atoms with Gasteiger partial charge in [0.15, 0.2) is 5.70 Å². The number of amides is 2. The van der Waals surface area contributed by atoms with Crippen LogP contribution < -0.4 is 5.32 Å². The fourth-order valence-electron chi connectivity index (χ4n) is 3.79. The predicted molar refractivity (Wildman–Crippen MR) is 121 cm³/mol. The second-order valence-corrected chi connectivity index (χ2v) is 7.54. The highest BCUT2D eigenvalue weighted by Gasteiger charge is 2.27. The minimum absolute atomic E-state index is 0.165. The van der Waals surface area contributed by atoms with Crippen LogP contribution in [-0.2, 0) is 9.53 Å². The molecule has 0 unspecified atom stereocenters. The van der Waals surface area contributed by atoms with Crippen molar-refractivity contribution in [3.8, 4) is 0 Å². The van der Waals surface area contributed by atoms with Crippen molar-refractivity contribution in [2.75, 3.05) is 31.5 Å². The zero-order valence-corrected chi connectivity index (χ0v) is 17.3. The molecule has 0 aliphatic carbocycles. The number of ether oxygens (including phenoxy) is 1. The van der Waals surface area contributed by atoms with Gasteiger partial charge in [0.2, 0.25) is 5.90 Å². The summed E-state index contributed by atoms with van der Waals surface area (Å²) in [6.45, 7) is 2.25. The first kappa shape index (κ1) is 19.7. The molecule has 1 saturated heterocycles. The van der Waals surface area contributed by atoms with E-state index in [4.69, 9.17) is 4.74 Å². The second kappa shape index (κ2) is 8.50. The Labute approximate surface area is 184 Å². The Hall–Kier alpha value is -4.20. The van der Waals surface area contributed by atoms with E-state index in [2.05, 4.69) is 15.3 Å². The molecule has 3 aromatic rings. The number of piperazine rings is 1. The van der Waals surface area contributed by atoms with Crippen LogP contribution in [0, 0.1) is 0 Å². The summed E-state index contributed by atoms with van der Waals surface area (Å²) in [4.78, 5) is 37.0. The molecule has 2 aliphatic rings. The summed E-state index contributed by atoms with van der Waals surface area (Å²) < 4.78 is 5.47. The van der Waals surface area contributed by atoms with Crippen molar-refractivity contribution < 1.29 is 14.3 Å². The van der Waals surface area contributed by atoms with Gasteiger partial charge < -0.3 is 19.9 Å². The fourth-order valence-corrected chi connectivity index (χ4v) is 3.79. The highest BCUT2D eigenvalue weighted by Crippen LogP contribution is 2.24. The van der Waals surface area contributed by atoms with Crippen LogP contribution in [0.3, 0.4) is 0 Å². The van der Waals surface area contributed by atoms with Crippen LogP contribution in [0.4, 0.5) is 10.5 Å². The summed E-state index contributed by atoms with van der Waals surface area (Å²) in [5, 5.41) is 4.88. The van der Waals surface area contributed by atoms with E-state index in [0.29, 0.717) is 37.8 Å². The molecule has 0 radical (unpaired) electrons. The number of aromatic nitrogens is 1. The SMILES string of the molecule is O=C1OC(c2cccc3ccccc23)=N/C1=C/N1CCN(C(=O)Nc2cccnc2)CC1. The molecule has 2 amide bonds. The molecule has 2 aromatic carbocycles. The topological polar surface area (TPSA) is 87.1 Å². The van der Waals surface area contributed by atoms with E-state index in [9.17, 15) is 9.59 Å². The molecule has 1 fully saturated rings. The van der Waals surface area contributed by atoms with Gasteiger partial charge in [-0.25, -0.2) is 14.6 Å². The lowest BCUT2D eigenvalue weighted by atomic mass is 10.0. The number of hydrogen-bond acceptors (Lipinski definition) is 6. The molecule has 3 heterocycles. The molecule has 1 aromatic heterocycles.